The number of rotatable bonds is 25. The predicted octanol–water partition coefficient (Wildman–Crippen LogP) is 29.5. The van der Waals surface area contributed by atoms with E-state index in [0.29, 0.717) is 25.8 Å². The Morgan fingerprint density at radius 3 is 0.612 bits per heavy atom. The molecule has 8 fully saturated rings. The van der Waals surface area contributed by atoms with Crippen LogP contribution in [-0.4, -0.2) is 40.0 Å². The Hall–Kier alpha value is -10.8. The number of hydrogen-bond acceptors (Lipinski definition) is 6. The molecular formula is C118H119O6S5+5. The smallest absolute Gasteiger partial charge is 0.189 e. The highest BCUT2D eigenvalue weighted by Crippen LogP contribution is 2.56. The summed E-state index contributed by atoms with van der Waals surface area (Å²) in [5.41, 5.74) is 4.75. The van der Waals surface area contributed by atoms with E-state index in [2.05, 4.69) is 422 Å². The first-order valence-electron chi connectivity index (χ1n) is 45.8. The second-order valence-corrected chi connectivity index (χ2v) is 44.9. The molecule has 6 nitrogen and oxygen atoms in total. The molecular weight excluding hydrogens is 1670 g/mol. The third-order valence-electron chi connectivity index (χ3n) is 25.9. The second-order valence-electron chi connectivity index (χ2n) is 34.7. The average molecular weight is 1790 g/mol. The van der Waals surface area contributed by atoms with Gasteiger partial charge in [-0.05, 0) is 343 Å². The summed E-state index contributed by atoms with van der Waals surface area (Å²) in [6.07, 6.45) is 14.8. The summed E-state index contributed by atoms with van der Waals surface area (Å²) in [5, 5.41) is 0. The van der Waals surface area contributed by atoms with Crippen molar-refractivity contribution >= 4 is 54.5 Å². The lowest BCUT2D eigenvalue weighted by Crippen LogP contribution is -2.49. The molecule has 652 valence electrons. The first kappa shape index (κ1) is 90.1. The second kappa shape index (κ2) is 44.7. The molecule has 0 unspecified atom stereocenters. The van der Waals surface area contributed by atoms with E-state index in [9.17, 15) is 0 Å². The zero-order valence-electron chi connectivity index (χ0n) is 74.9. The fraction of sp³-hybridized carbons (Fsp3) is 0.237. The molecule has 0 aliphatic heterocycles. The lowest BCUT2D eigenvalue weighted by Gasteiger charge is -2.53. The Morgan fingerprint density at radius 1 is 0.202 bits per heavy atom. The fourth-order valence-corrected chi connectivity index (χ4v) is 31.6. The van der Waals surface area contributed by atoms with Crippen molar-refractivity contribution in [2.75, 3.05) is 27.8 Å². The van der Waals surface area contributed by atoms with E-state index in [1.807, 2.05) is 12.1 Å². The Morgan fingerprint density at radius 2 is 0.395 bits per heavy atom. The van der Waals surface area contributed by atoms with Crippen molar-refractivity contribution in [3.8, 4) is 23.0 Å². The van der Waals surface area contributed by atoms with E-state index in [1.165, 1.54) is 160 Å². The Labute approximate surface area is 781 Å². The van der Waals surface area contributed by atoms with Gasteiger partial charge in [0.15, 0.2) is 87.0 Å². The standard InChI is InChI=1S/C31H35O2S.C29H31O2S.C21H21OS.C19H17OS.C18H15S/c1-21-13-29(34(27-9-5-3-6-10-27)28-11-7-4-8-12-28)14-22(2)30(21)32-20-33-31-25-16-23-15-24(18-25)19-26(31)17-23;1-3-7-26(8-4-1)32(27-9-5-2-6-10-27)28-13-11-25(12-14-28)30-20-31-29-23-16-21-15-22(18-23)19-24(29)17-21;1-16-14-20(15-17(2)21(16)22-3)23(18-10-6-4-7-11-18)19-12-8-5-9-13-19;1-20-16-12-14-19(15-13-16)21(17-8-4-2-5-9-17)18-10-6-3-7-11-18;1-4-10-16(11-5-1)19(17-12-6-2-7-13-17)18-14-8-3-9-15-18/h3-14,23-26,31H,15-20H2,1-2H3;1-14,21-24,29H,15-20H2;4-15H,1-3H3;2-15H,1H3;1-15H/q5*+1. The quantitative estimate of drug-likeness (QED) is 0.0420. The number of ether oxygens (including phenoxy) is 6. The zero-order valence-corrected chi connectivity index (χ0v) is 79.0. The van der Waals surface area contributed by atoms with E-state index in [4.69, 9.17) is 28.4 Å². The Balaban J connectivity index is 0.000000115. The van der Waals surface area contributed by atoms with E-state index in [1.54, 1.807) is 14.2 Å². The maximum Gasteiger partial charge on any atom is 0.189 e. The van der Waals surface area contributed by atoms with Gasteiger partial charge in [-0.2, -0.15) is 0 Å². The summed E-state index contributed by atoms with van der Waals surface area (Å²) in [7, 11) is 2.98. The lowest BCUT2D eigenvalue weighted by atomic mass is 9.55. The molecule has 8 aliphatic rings. The molecule has 0 amide bonds. The van der Waals surface area contributed by atoms with Crippen LogP contribution in [0.4, 0.5) is 0 Å². The largest absolute Gasteiger partial charge is 0.497 e. The molecule has 11 heteroatoms. The van der Waals surface area contributed by atoms with Crippen LogP contribution in [0.2, 0.25) is 0 Å². The highest BCUT2D eigenvalue weighted by atomic mass is 32.2. The van der Waals surface area contributed by atoms with Crippen LogP contribution < -0.4 is 18.9 Å². The SMILES string of the molecule is COc1c(C)cc([S+](c2ccccc2)c2ccccc2)cc1C.COc1ccc([S+](c2ccccc2)c2ccccc2)cc1.Cc1cc([S+](c2ccccc2)c2ccccc2)cc(C)c1OCOC1C2CC3CC(C2)CC1C3.c1ccc([S+](c2ccccc2)c2ccc(OCOC3C4CC5CC(C4)CC3C5)cc2)cc1.c1ccc([S+](c2ccccc2)c2ccccc2)cc1. The van der Waals surface area contributed by atoms with Crippen LogP contribution in [0.3, 0.4) is 0 Å². The van der Waals surface area contributed by atoms with Gasteiger partial charge in [-0.15, -0.1) is 0 Å². The molecule has 0 atom stereocenters. The van der Waals surface area contributed by atoms with Crippen molar-refractivity contribution < 1.29 is 28.4 Å². The minimum atomic E-state index is -0.142. The van der Waals surface area contributed by atoms with Gasteiger partial charge >= 0.3 is 0 Å². The molecule has 0 heterocycles. The Kier molecular flexibility index (Phi) is 31.2. The monoisotopic (exact) mass is 1790 g/mol. The number of methoxy groups -OCH3 is 2. The molecule has 8 bridgehead atoms. The van der Waals surface area contributed by atoms with E-state index < -0.39 is 0 Å². The first-order valence-corrected chi connectivity index (χ1v) is 51.9. The van der Waals surface area contributed by atoms with Gasteiger partial charge in [-0.25, -0.2) is 0 Å². The van der Waals surface area contributed by atoms with E-state index in [0.717, 1.165) is 70.3 Å². The molecule has 0 aromatic heterocycles. The third-order valence-corrected chi connectivity index (χ3v) is 37.0. The van der Waals surface area contributed by atoms with E-state index in [-0.39, 0.29) is 54.5 Å². The topological polar surface area (TPSA) is 55.4 Å². The van der Waals surface area contributed by atoms with Crippen molar-refractivity contribution in [3.63, 3.8) is 0 Å². The number of aryl methyl sites for hydroxylation is 4. The molecule has 0 radical (unpaired) electrons. The van der Waals surface area contributed by atoms with Gasteiger partial charge in [0, 0.05) is 24.3 Å². The molecule has 15 aromatic carbocycles. The number of benzene rings is 15. The van der Waals surface area contributed by atoms with Crippen LogP contribution in [0.1, 0.15) is 86.5 Å². The van der Waals surface area contributed by atoms with Crippen LogP contribution in [0.15, 0.2) is 480 Å². The zero-order chi connectivity index (χ0) is 88.0. The molecule has 0 N–H and O–H groups in total. The van der Waals surface area contributed by atoms with Gasteiger partial charge in [0.05, 0.1) is 80.9 Å². The molecule has 8 saturated carbocycles. The van der Waals surface area contributed by atoms with Crippen LogP contribution in [0.5, 0.6) is 23.0 Å². The van der Waals surface area contributed by atoms with Crippen LogP contribution in [0, 0.1) is 75.0 Å². The van der Waals surface area contributed by atoms with Crippen molar-refractivity contribution in [1.29, 1.82) is 0 Å². The summed E-state index contributed by atoms with van der Waals surface area (Å²) >= 11 is 0. The normalized spacial score (nSPS) is 19.4. The minimum absolute atomic E-state index is 0.0146. The van der Waals surface area contributed by atoms with Crippen molar-refractivity contribution in [2.45, 2.75) is 178 Å². The maximum atomic E-state index is 6.43. The summed E-state index contributed by atoms with van der Waals surface area (Å²) in [6.45, 7) is 9.32. The average Bonchev–Trinajstić information content (AvgIpc) is 0.758. The highest BCUT2D eigenvalue weighted by Gasteiger charge is 2.51. The number of hydrogen-bond donors (Lipinski definition) is 0. The molecule has 15 aromatic rings. The van der Waals surface area contributed by atoms with Gasteiger partial charge in [0.2, 0.25) is 0 Å². The van der Waals surface area contributed by atoms with E-state index >= 15 is 0 Å². The molecule has 0 saturated heterocycles. The van der Waals surface area contributed by atoms with Crippen LogP contribution in [0.25, 0.3) is 0 Å². The van der Waals surface area contributed by atoms with Gasteiger partial charge < -0.3 is 28.4 Å². The third kappa shape index (κ3) is 22.8. The van der Waals surface area contributed by atoms with Crippen LogP contribution in [-0.2, 0) is 63.9 Å². The summed E-state index contributed by atoms with van der Waals surface area (Å²) in [6, 6.07) is 144. The molecule has 129 heavy (non-hydrogen) atoms. The first-order chi connectivity index (χ1) is 63.5. The Bertz CT molecular complexity index is 5560. The van der Waals surface area contributed by atoms with Crippen molar-refractivity contribution in [1.82, 2.24) is 0 Å². The van der Waals surface area contributed by atoms with Gasteiger partial charge in [-0.3, -0.25) is 0 Å². The summed E-state index contributed by atoms with van der Waals surface area (Å²) < 4.78 is 35.9. The predicted molar refractivity (Wildman–Crippen MR) is 534 cm³/mol. The molecule has 8 aliphatic carbocycles. The minimum Gasteiger partial charge on any atom is -0.497 e. The van der Waals surface area contributed by atoms with Gasteiger partial charge in [0.25, 0.3) is 0 Å². The molecule has 23 rings (SSSR count). The summed E-state index contributed by atoms with van der Waals surface area (Å²) in [5.74, 6) is 10.7. The lowest BCUT2D eigenvalue weighted by molar-refractivity contribution is -0.155. The van der Waals surface area contributed by atoms with Crippen molar-refractivity contribution in [3.05, 3.63) is 429 Å². The van der Waals surface area contributed by atoms with Gasteiger partial charge in [0.1, 0.15) is 23.0 Å². The van der Waals surface area contributed by atoms with Crippen LogP contribution >= 0.6 is 0 Å². The van der Waals surface area contributed by atoms with Crippen molar-refractivity contribution in [2.24, 2.45) is 47.3 Å². The highest BCUT2D eigenvalue weighted by molar-refractivity contribution is 7.98. The maximum absolute atomic E-state index is 6.43. The summed E-state index contributed by atoms with van der Waals surface area (Å²) in [4.78, 5) is 20.0. The fourth-order valence-electron chi connectivity index (χ4n) is 20.8. The molecule has 0 spiro atoms. The van der Waals surface area contributed by atoms with Gasteiger partial charge in [-0.1, -0.05) is 200 Å².